The molecular formula is C45H42N2O4. The summed E-state index contributed by atoms with van der Waals surface area (Å²) in [5.41, 5.74) is 7.93. The average Bonchev–Trinajstić information content (AvgIpc) is 3.14. The number of ether oxygens (including phenoxy) is 2. The largest absolute Gasteiger partial charge is 0.459 e. The molecule has 0 aromatic heterocycles. The van der Waals surface area contributed by atoms with Gasteiger partial charge in [0.1, 0.15) is 5.75 Å². The maximum Gasteiger partial charge on any atom is 0.343 e. The maximum absolute atomic E-state index is 13.0. The molecule has 0 aliphatic carbocycles. The van der Waals surface area contributed by atoms with Crippen LogP contribution in [0, 0.1) is 0 Å². The molecule has 0 radical (unpaired) electrons. The summed E-state index contributed by atoms with van der Waals surface area (Å²) in [7, 11) is 0. The van der Waals surface area contributed by atoms with Gasteiger partial charge in [0.25, 0.3) is 0 Å². The summed E-state index contributed by atoms with van der Waals surface area (Å²) in [6.45, 7) is 10.2. The van der Waals surface area contributed by atoms with Crippen molar-refractivity contribution in [2.75, 3.05) is 9.80 Å². The second kappa shape index (κ2) is 15.2. The lowest BCUT2D eigenvalue weighted by Crippen LogP contribution is -2.14. The number of rotatable bonds is 10. The van der Waals surface area contributed by atoms with Gasteiger partial charge in [-0.25, -0.2) is 9.59 Å². The van der Waals surface area contributed by atoms with Crippen LogP contribution in [0.15, 0.2) is 158 Å². The molecule has 0 amide bonds. The standard InChI is InChI=1S/C45H42N2O4/c1-32(2)50-43(48)33-13-12-14-34(31-33)44(49)51-42-29-27-41(28-30-42)47(37-17-10-7-11-18-37)40-25-23-39(24-26-40)46(36-15-8-6-9-16-36)38-21-19-35(20-22-38)45(3,4)5/h6-32H,1-5H3. The monoisotopic (exact) mass is 674 g/mol. The first-order valence-corrected chi connectivity index (χ1v) is 17.1. The van der Waals surface area contributed by atoms with Crippen LogP contribution in [0.25, 0.3) is 0 Å². The fraction of sp³-hybridized carbons (Fsp3) is 0.156. The Balaban J connectivity index is 1.27. The highest BCUT2D eigenvalue weighted by Crippen LogP contribution is 2.39. The van der Waals surface area contributed by atoms with Gasteiger partial charge in [-0.05, 0) is 128 Å². The summed E-state index contributed by atoms with van der Waals surface area (Å²) < 4.78 is 11.0. The molecule has 0 saturated heterocycles. The van der Waals surface area contributed by atoms with Crippen LogP contribution < -0.4 is 14.5 Å². The summed E-state index contributed by atoms with van der Waals surface area (Å²) in [5.74, 6) is -0.660. The topological polar surface area (TPSA) is 59.1 Å². The molecule has 51 heavy (non-hydrogen) atoms. The van der Waals surface area contributed by atoms with Crippen molar-refractivity contribution in [2.24, 2.45) is 0 Å². The third-order valence-corrected chi connectivity index (χ3v) is 8.37. The van der Waals surface area contributed by atoms with Gasteiger partial charge >= 0.3 is 11.9 Å². The van der Waals surface area contributed by atoms with Crippen LogP contribution in [0.2, 0.25) is 0 Å². The Morgan fingerprint density at radius 3 is 1.31 bits per heavy atom. The minimum atomic E-state index is -0.562. The normalized spacial score (nSPS) is 11.2. The lowest BCUT2D eigenvalue weighted by atomic mass is 9.87. The molecule has 0 unspecified atom stereocenters. The first-order chi connectivity index (χ1) is 24.6. The van der Waals surface area contributed by atoms with E-state index in [1.165, 1.54) is 11.6 Å². The molecule has 256 valence electrons. The summed E-state index contributed by atoms with van der Waals surface area (Å²) in [5, 5.41) is 0. The smallest absolute Gasteiger partial charge is 0.343 e. The molecule has 0 spiro atoms. The van der Waals surface area contributed by atoms with E-state index in [4.69, 9.17) is 9.47 Å². The minimum absolute atomic E-state index is 0.0643. The van der Waals surface area contributed by atoms with Crippen molar-refractivity contribution in [3.05, 3.63) is 174 Å². The SMILES string of the molecule is CC(C)OC(=O)c1cccc(C(=O)Oc2ccc(N(c3ccccc3)c3ccc(N(c4ccccc4)c4ccc(C(C)(C)C)cc4)cc3)cc2)c1. The molecule has 6 heteroatoms. The van der Waals surface area contributed by atoms with E-state index < -0.39 is 11.9 Å². The van der Waals surface area contributed by atoms with Crippen LogP contribution in [0.1, 0.15) is 60.9 Å². The lowest BCUT2D eigenvalue weighted by molar-refractivity contribution is 0.0378. The zero-order valence-corrected chi connectivity index (χ0v) is 29.6. The van der Waals surface area contributed by atoms with Gasteiger partial charge in [0, 0.05) is 34.1 Å². The van der Waals surface area contributed by atoms with Crippen molar-refractivity contribution in [1.29, 1.82) is 0 Å². The van der Waals surface area contributed by atoms with Gasteiger partial charge in [-0.1, -0.05) is 75.4 Å². The molecule has 0 aliphatic rings. The van der Waals surface area contributed by atoms with Crippen LogP contribution in [0.5, 0.6) is 5.75 Å². The van der Waals surface area contributed by atoms with Crippen molar-refractivity contribution < 1.29 is 19.1 Å². The van der Waals surface area contributed by atoms with Gasteiger partial charge < -0.3 is 19.3 Å². The highest BCUT2D eigenvalue weighted by atomic mass is 16.5. The Bertz CT molecular complexity index is 2070. The maximum atomic E-state index is 13.0. The van der Waals surface area contributed by atoms with Gasteiger partial charge in [0.2, 0.25) is 0 Å². The van der Waals surface area contributed by atoms with E-state index in [1.807, 2.05) is 36.4 Å². The van der Waals surface area contributed by atoms with Crippen molar-refractivity contribution in [3.63, 3.8) is 0 Å². The molecule has 6 aromatic carbocycles. The fourth-order valence-electron chi connectivity index (χ4n) is 5.79. The Morgan fingerprint density at radius 2 is 0.882 bits per heavy atom. The molecule has 0 aliphatic heterocycles. The molecular weight excluding hydrogens is 633 g/mol. The molecule has 6 nitrogen and oxygen atoms in total. The molecule has 6 rings (SSSR count). The third-order valence-electron chi connectivity index (χ3n) is 8.37. The van der Waals surface area contributed by atoms with E-state index in [9.17, 15) is 9.59 Å². The van der Waals surface area contributed by atoms with Gasteiger partial charge in [0.15, 0.2) is 0 Å². The number of hydrogen-bond donors (Lipinski definition) is 0. The molecule has 0 atom stereocenters. The number of benzene rings is 6. The third kappa shape index (κ3) is 8.36. The van der Waals surface area contributed by atoms with Gasteiger partial charge in [-0.2, -0.15) is 0 Å². The zero-order valence-electron chi connectivity index (χ0n) is 29.6. The molecule has 6 aromatic rings. The van der Waals surface area contributed by atoms with Gasteiger partial charge in [0.05, 0.1) is 17.2 Å². The summed E-state index contributed by atoms with van der Waals surface area (Å²) in [6, 6.07) is 51.6. The van der Waals surface area contributed by atoms with E-state index in [0.717, 1.165) is 34.1 Å². The number of esters is 2. The number of anilines is 6. The second-order valence-electron chi connectivity index (χ2n) is 13.6. The van der Waals surface area contributed by atoms with Crippen molar-refractivity contribution in [3.8, 4) is 5.75 Å². The summed E-state index contributed by atoms with van der Waals surface area (Å²) >= 11 is 0. The van der Waals surface area contributed by atoms with E-state index >= 15 is 0 Å². The fourth-order valence-corrected chi connectivity index (χ4v) is 5.79. The van der Waals surface area contributed by atoms with Crippen LogP contribution in [0.3, 0.4) is 0 Å². The summed E-state index contributed by atoms with van der Waals surface area (Å²) in [4.78, 5) is 29.8. The second-order valence-corrected chi connectivity index (χ2v) is 13.6. The molecule has 0 bridgehead atoms. The Labute approximate surface area is 300 Å². The number of hydrogen-bond acceptors (Lipinski definition) is 6. The molecule has 0 N–H and O–H groups in total. The highest BCUT2D eigenvalue weighted by molar-refractivity contribution is 5.96. The van der Waals surface area contributed by atoms with Crippen molar-refractivity contribution >= 4 is 46.1 Å². The predicted molar refractivity (Wildman–Crippen MR) is 206 cm³/mol. The summed E-state index contributed by atoms with van der Waals surface area (Å²) in [6.07, 6.45) is -0.263. The number of para-hydroxylation sites is 2. The quantitative estimate of drug-likeness (QED) is 0.106. The Morgan fingerprint density at radius 1 is 0.490 bits per heavy atom. The minimum Gasteiger partial charge on any atom is -0.459 e. The Kier molecular flexibility index (Phi) is 10.3. The number of carbonyl (C=O) groups excluding carboxylic acids is 2. The van der Waals surface area contributed by atoms with Crippen LogP contribution in [-0.4, -0.2) is 18.0 Å². The van der Waals surface area contributed by atoms with Crippen molar-refractivity contribution in [2.45, 2.75) is 46.1 Å². The van der Waals surface area contributed by atoms with Crippen LogP contribution in [-0.2, 0) is 10.2 Å². The average molecular weight is 675 g/mol. The lowest BCUT2D eigenvalue weighted by Gasteiger charge is -2.29. The predicted octanol–water partition coefficient (Wildman–Crippen LogP) is 11.7. The van der Waals surface area contributed by atoms with E-state index in [-0.39, 0.29) is 17.1 Å². The first kappa shape index (κ1) is 34.7. The molecule has 0 saturated carbocycles. The van der Waals surface area contributed by atoms with Gasteiger partial charge in [-0.3, -0.25) is 0 Å². The van der Waals surface area contributed by atoms with Crippen LogP contribution >= 0.6 is 0 Å². The number of carbonyl (C=O) groups is 2. The van der Waals surface area contributed by atoms with E-state index in [1.54, 1.807) is 44.2 Å². The van der Waals surface area contributed by atoms with E-state index in [2.05, 4.69) is 116 Å². The number of nitrogens with zero attached hydrogens (tertiary/aromatic N) is 2. The molecule has 0 fully saturated rings. The van der Waals surface area contributed by atoms with Gasteiger partial charge in [-0.15, -0.1) is 0 Å². The molecule has 0 heterocycles. The van der Waals surface area contributed by atoms with Crippen molar-refractivity contribution in [1.82, 2.24) is 0 Å². The zero-order chi connectivity index (χ0) is 36.0. The first-order valence-electron chi connectivity index (χ1n) is 17.1. The van der Waals surface area contributed by atoms with E-state index in [0.29, 0.717) is 11.3 Å². The highest BCUT2D eigenvalue weighted by Gasteiger charge is 2.19. The van der Waals surface area contributed by atoms with Crippen LogP contribution in [0.4, 0.5) is 34.1 Å². The Hall–Kier alpha value is -6.14.